The number of thioether (sulfide) groups is 2. The van der Waals surface area contributed by atoms with Gasteiger partial charge in [0.05, 0.1) is 10.2 Å². The van der Waals surface area contributed by atoms with E-state index in [-0.39, 0.29) is 21.7 Å². The zero-order chi connectivity index (χ0) is 45.3. The number of benzene rings is 5. The number of aromatic nitrogens is 2. The van der Waals surface area contributed by atoms with Crippen molar-refractivity contribution in [2.24, 2.45) is 0 Å². The zero-order valence-electron chi connectivity index (χ0n) is 39.5. The van der Waals surface area contributed by atoms with Crippen LogP contribution in [0.25, 0.3) is 34.5 Å². The third-order valence-corrected chi connectivity index (χ3v) is 17.9. The van der Waals surface area contributed by atoms with Gasteiger partial charge in [0.25, 0.3) is 0 Å². The highest BCUT2D eigenvalue weighted by molar-refractivity contribution is 8.00. The van der Waals surface area contributed by atoms with Gasteiger partial charge in [-0.05, 0) is 129 Å². The van der Waals surface area contributed by atoms with Gasteiger partial charge in [0.1, 0.15) is 4.34 Å². The van der Waals surface area contributed by atoms with Gasteiger partial charge in [-0.2, -0.15) is 0 Å². The second-order valence-corrected chi connectivity index (χ2v) is 24.9. The Hall–Kier alpha value is -4.20. The topological polar surface area (TPSA) is 25.8 Å². The maximum atomic E-state index is 4.86. The van der Waals surface area contributed by atoms with Crippen molar-refractivity contribution >= 4 is 80.7 Å². The van der Waals surface area contributed by atoms with Crippen LogP contribution in [-0.4, -0.2) is 9.97 Å². The third-order valence-electron chi connectivity index (χ3n) is 13.7. The SMILES string of the molecule is Cc1ccc(/C=C/c2cc3c(cc2CSc2nc4ccccc4s2)C(C)(C)CCC3(C)C)cc1.Cc1ccc(/C=C/c2cc3c(cc2CSc2nccs2)C(C)(C)CCC3(C)C)cc1. The molecule has 330 valence electrons. The maximum Gasteiger partial charge on any atom is 0.151 e. The number of rotatable bonds is 10. The van der Waals surface area contributed by atoms with Crippen LogP contribution < -0.4 is 0 Å². The molecule has 0 bridgehead atoms. The van der Waals surface area contributed by atoms with Gasteiger partial charge in [-0.15, -0.1) is 22.7 Å². The van der Waals surface area contributed by atoms with Crippen LogP contribution in [0.15, 0.2) is 117 Å². The molecule has 0 aliphatic heterocycles. The van der Waals surface area contributed by atoms with Crippen LogP contribution in [0.1, 0.15) is 148 Å². The summed E-state index contributed by atoms with van der Waals surface area (Å²) in [6.07, 6.45) is 16.0. The monoisotopic (exact) mass is 916 g/mol. The highest BCUT2D eigenvalue weighted by Crippen LogP contribution is 2.49. The number of hydrogen-bond donors (Lipinski definition) is 0. The molecule has 64 heavy (non-hydrogen) atoms. The van der Waals surface area contributed by atoms with Gasteiger partial charge < -0.3 is 0 Å². The van der Waals surface area contributed by atoms with Crippen LogP contribution in [0.4, 0.5) is 0 Å². The normalized spacial score (nSPS) is 17.0. The highest BCUT2D eigenvalue weighted by atomic mass is 32.2. The predicted octanol–water partition coefficient (Wildman–Crippen LogP) is 17.7. The standard InChI is InChI=1S/C31H33NS2.C27H31NS2/c1-21-10-12-22(13-11-21)14-15-23-18-25-26(31(4,5)17-16-30(25,2)3)19-24(23)20-33-29-32-27-8-6-7-9-28(27)34-29;1-19-6-8-20(9-7-19)10-11-21-16-23-24(27(4,5)13-12-26(23,2)3)17-22(21)18-30-25-28-14-15-29-25/h6-15,18-19H,16-17,20H2,1-5H3;6-11,14-17H,12-13,18H2,1-5H3/b15-14+;11-10+. The lowest BCUT2D eigenvalue weighted by molar-refractivity contribution is 0.331. The van der Waals surface area contributed by atoms with E-state index in [0.29, 0.717) is 0 Å². The summed E-state index contributed by atoms with van der Waals surface area (Å²) in [7, 11) is 0. The van der Waals surface area contributed by atoms with Crippen LogP contribution in [0, 0.1) is 13.8 Å². The molecule has 9 rings (SSSR count). The van der Waals surface area contributed by atoms with Crippen molar-refractivity contribution in [1.82, 2.24) is 9.97 Å². The molecule has 0 saturated heterocycles. The van der Waals surface area contributed by atoms with E-state index in [9.17, 15) is 0 Å². The van der Waals surface area contributed by atoms with Crippen LogP contribution in [0.2, 0.25) is 0 Å². The van der Waals surface area contributed by atoms with E-state index < -0.39 is 0 Å². The number of thiazole rings is 2. The molecule has 0 atom stereocenters. The first-order chi connectivity index (χ1) is 30.5. The molecule has 0 spiro atoms. The van der Waals surface area contributed by atoms with E-state index in [0.717, 1.165) is 25.7 Å². The minimum absolute atomic E-state index is 0.204. The van der Waals surface area contributed by atoms with Gasteiger partial charge in [0.15, 0.2) is 4.34 Å². The molecule has 2 nitrogen and oxygen atoms in total. The van der Waals surface area contributed by atoms with E-state index in [1.165, 1.54) is 97.1 Å². The summed E-state index contributed by atoms with van der Waals surface area (Å²) >= 11 is 7.22. The molecule has 5 aromatic carbocycles. The third kappa shape index (κ3) is 10.7. The zero-order valence-corrected chi connectivity index (χ0v) is 42.7. The lowest BCUT2D eigenvalue weighted by atomic mass is 9.62. The van der Waals surface area contributed by atoms with E-state index in [1.54, 1.807) is 22.7 Å². The Bertz CT molecular complexity index is 2750. The summed E-state index contributed by atoms with van der Waals surface area (Å²) in [6, 6.07) is 35.9. The van der Waals surface area contributed by atoms with Crippen LogP contribution in [0.5, 0.6) is 0 Å². The van der Waals surface area contributed by atoms with Crippen molar-refractivity contribution in [3.63, 3.8) is 0 Å². The molecule has 7 aromatic rings. The second kappa shape index (κ2) is 19.0. The minimum atomic E-state index is 0.204. The minimum Gasteiger partial charge on any atom is -0.238 e. The smallest absolute Gasteiger partial charge is 0.151 e. The number of hydrogen-bond acceptors (Lipinski definition) is 6. The quantitative estimate of drug-likeness (QED) is 0.101. The van der Waals surface area contributed by atoms with E-state index in [4.69, 9.17) is 4.98 Å². The Morgan fingerprint density at radius 3 is 1.41 bits per heavy atom. The number of nitrogens with zero attached hydrogens (tertiary/aromatic N) is 2. The fourth-order valence-electron chi connectivity index (χ4n) is 9.11. The maximum absolute atomic E-state index is 4.86. The molecule has 0 amide bonds. The molecule has 0 unspecified atom stereocenters. The van der Waals surface area contributed by atoms with Crippen molar-refractivity contribution in [3.8, 4) is 0 Å². The summed E-state index contributed by atoms with van der Waals surface area (Å²) in [6.45, 7) is 23.5. The van der Waals surface area contributed by atoms with Gasteiger partial charge in [-0.3, -0.25) is 0 Å². The summed E-state index contributed by atoms with van der Waals surface area (Å²) in [5, 5.41) is 2.05. The van der Waals surface area contributed by atoms with E-state index in [1.807, 2.05) is 29.7 Å². The van der Waals surface area contributed by atoms with Gasteiger partial charge in [-0.25, -0.2) is 9.97 Å². The highest BCUT2D eigenvalue weighted by Gasteiger charge is 2.39. The van der Waals surface area contributed by atoms with Crippen molar-refractivity contribution in [1.29, 1.82) is 0 Å². The molecule has 2 aliphatic rings. The van der Waals surface area contributed by atoms with Crippen LogP contribution in [-0.2, 0) is 33.2 Å². The molecule has 0 radical (unpaired) electrons. The first-order valence-corrected chi connectivity index (χ1v) is 26.5. The summed E-state index contributed by atoms with van der Waals surface area (Å²) < 4.78 is 3.55. The fourth-order valence-corrected chi connectivity index (χ4v) is 12.8. The molecule has 0 N–H and O–H groups in total. The Balaban J connectivity index is 0.000000176. The van der Waals surface area contributed by atoms with Crippen molar-refractivity contribution in [2.75, 3.05) is 0 Å². The number of fused-ring (bicyclic) bond motifs is 3. The average Bonchev–Trinajstić information content (AvgIpc) is 3.96. The van der Waals surface area contributed by atoms with Crippen molar-refractivity contribution in [2.45, 2.75) is 137 Å². The summed E-state index contributed by atoms with van der Waals surface area (Å²) in [4.78, 5) is 9.33. The van der Waals surface area contributed by atoms with Gasteiger partial charge in [0, 0.05) is 23.1 Å². The molecular weight excluding hydrogens is 853 g/mol. The number of aryl methyl sites for hydroxylation is 2. The van der Waals surface area contributed by atoms with Crippen LogP contribution >= 0.6 is 46.2 Å². The fraction of sp³-hybridized carbons (Fsp3) is 0.345. The molecule has 0 saturated carbocycles. The molecular formula is C58H64N2S4. The summed E-state index contributed by atoms with van der Waals surface area (Å²) in [5.74, 6) is 1.88. The van der Waals surface area contributed by atoms with Gasteiger partial charge >= 0.3 is 0 Å². The first-order valence-electron chi connectivity index (χ1n) is 22.8. The molecule has 2 aromatic heterocycles. The average molecular weight is 917 g/mol. The largest absolute Gasteiger partial charge is 0.238 e. The Morgan fingerprint density at radius 2 is 0.969 bits per heavy atom. The lowest BCUT2D eigenvalue weighted by Gasteiger charge is -2.42. The molecule has 2 heterocycles. The Kier molecular flexibility index (Phi) is 13.7. The molecule has 0 fully saturated rings. The van der Waals surface area contributed by atoms with Gasteiger partial charge in [0.2, 0.25) is 0 Å². The Morgan fingerprint density at radius 1 is 0.531 bits per heavy atom. The number of para-hydroxylation sites is 1. The first kappa shape index (κ1) is 46.3. The Labute approximate surface area is 400 Å². The molecule has 2 aliphatic carbocycles. The van der Waals surface area contributed by atoms with Gasteiger partial charge in [-0.1, -0.05) is 199 Å². The van der Waals surface area contributed by atoms with E-state index >= 15 is 0 Å². The second-order valence-electron chi connectivity index (χ2n) is 20.5. The molecule has 6 heteroatoms. The van der Waals surface area contributed by atoms with E-state index in [2.05, 4.69) is 201 Å². The summed E-state index contributed by atoms with van der Waals surface area (Å²) in [5.41, 5.74) is 18.6. The predicted molar refractivity (Wildman–Crippen MR) is 285 cm³/mol. The van der Waals surface area contributed by atoms with Crippen molar-refractivity contribution < 1.29 is 0 Å². The van der Waals surface area contributed by atoms with Crippen LogP contribution in [0.3, 0.4) is 0 Å². The van der Waals surface area contributed by atoms with Crippen molar-refractivity contribution in [3.05, 3.63) is 175 Å². The lowest BCUT2D eigenvalue weighted by Crippen LogP contribution is -2.34.